The fourth-order valence-corrected chi connectivity index (χ4v) is 2.75. The van der Waals surface area contributed by atoms with Crippen LogP contribution < -0.4 is 5.32 Å². The van der Waals surface area contributed by atoms with E-state index in [0.29, 0.717) is 57.5 Å². The van der Waals surface area contributed by atoms with Crippen LogP contribution >= 0.6 is 11.8 Å². The number of carbonyl (C=O) groups is 3. The van der Waals surface area contributed by atoms with E-state index in [1.54, 1.807) is 16.7 Å². The van der Waals surface area contributed by atoms with E-state index >= 15 is 0 Å². The molecule has 0 aliphatic heterocycles. The molecule has 0 rings (SSSR count). The Labute approximate surface area is 149 Å². The largest absolute Gasteiger partial charge is 0.469 e. The number of esters is 1. The molecule has 0 heterocycles. The smallest absolute Gasteiger partial charge is 0.306 e. The molecule has 0 atom stereocenters. The SMILES string of the molecule is C#CCCCC(=O)NCCN(CCSCCC(=O)OC)C(=O)CC. The highest BCUT2D eigenvalue weighted by Crippen LogP contribution is 2.05. The molecule has 0 fully saturated rings. The molecule has 2 amide bonds. The van der Waals surface area contributed by atoms with Crippen LogP contribution in [0, 0.1) is 12.3 Å². The van der Waals surface area contributed by atoms with E-state index in [4.69, 9.17) is 6.42 Å². The number of amides is 2. The monoisotopic (exact) mass is 356 g/mol. The van der Waals surface area contributed by atoms with E-state index in [1.165, 1.54) is 7.11 Å². The lowest BCUT2D eigenvalue weighted by molar-refractivity contribution is -0.140. The number of nitrogens with one attached hydrogen (secondary N) is 1. The minimum Gasteiger partial charge on any atom is -0.469 e. The van der Waals surface area contributed by atoms with E-state index in [9.17, 15) is 14.4 Å². The first-order valence-electron chi connectivity index (χ1n) is 8.17. The molecule has 0 aromatic rings. The topological polar surface area (TPSA) is 75.7 Å². The highest BCUT2D eigenvalue weighted by Gasteiger charge is 2.11. The van der Waals surface area contributed by atoms with E-state index in [1.807, 2.05) is 6.92 Å². The molecule has 24 heavy (non-hydrogen) atoms. The minimum absolute atomic E-state index is 0.0402. The number of carbonyl (C=O) groups excluding carboxylic acids is 3. The van der Waals surface area contributed by atoms with Gasteiger partial charge >= 0.3 is 5.97 Å². The molecule has 0 unspecified atom stereocenters. The van der Waals surface area contributed by atoms with Gasteiger partial charge in [-0.15, -0.1) is 12.3 Å². The zero-order chi connectivity index (χ0) is 18.2. The van der Waals surface area contributed by atoms with Gasteiger partial charge in [0.1, 0.15) is 0 Å². The molecule has 0 bridgehead atoms. The summed E-state index contributed by atoms with van der Waals surface area (Å²) in [4.78, 5) is 36.3. The summed E-state index contributed by atoms with van der Waals surface area (Å²) in [5, 5.41) is 2.81. The lowest BCUT2D eigenvalue weighted by atomic mass is 10.2. The Kier molecular flexibility index (Phi) is 13.8. The van der Waals surface area contributed by atoms with Crippen molar-refractivity contribution < 1.29 is 19.1 Å². The Bertz CT molecular complexity index is 435. The Morgan fingerprint density at radius 1 is 1.21 bits per heavy atom. The van der Waals surface area contributed by atoms with E-state index in [0.717, 1.165) is 5.75 Å². The third-order valence-electron chi connectivity index (χ3n) is 3.27. The van der Waals surface area contributed by atoms with Gasteiger partial charge in [0.25, 0.3) is 0 Å². The predicted octanol–water partition coefficient (Wildman–Crippen LogP) is 1.44. The summed E-state index contributed by atoms with van der Waals surface area (Å²) in [5.74, 6) is 3.72. The summed E-state index contributed by atoms with van der Waals surface area (Å²) in [6, 6.07) is 0. The Morgan fingerprint density at radius 2 is 1.96 bits per heavy atom. The third-order valence-corrected chi connectivity index (χ3v) is 4.23. The molecule has 1 N–H and O–H groups in total. The summed E-state index contributed by atoms with van der Waals surface area (Å²) in [7, 11) is 1.37. The van der Waals surface area contributed by atoms with Gasteiger partial charge in [-0.1, -0.05) is 6.92 Å². The van der Waals surface area contributed by atoms with Crippen LogP contribution in [0.15, 0.2) is 0 Å². The molecule has 0 spiro atoms. The molecule has 0 aliphatic carbocycles. The second-order valence-electron chi connectivity index (χ2n) is 5.08. The first kappa shape index (κ1) is 22.3. The Balaban J connectivity index is 3.97. The average Bonchev–Trinajstić information content (AvgIpc) is 2.59. The fraction of sp³-hybridized carbons (Fsp3) is 0.706. The number of rotatable bonds is 13. The van der Waals surface area contributed by atoms with Crippen molar-refractivity contribution in [3.8, 4) is 12.3 Å². The van der Waals surface area contributed by atoms with Crippen molar-refractivity contribution in [2.75, 3.05) is 38.2 Å². The van der Waals surface area contributed by atoms with Gasteiger partial charge in [-0.3, -0.25) is 14.4 Å². The minimum atomic E-state index is -0.225. The van der Waals surface area contributed by atoms with Crippen LogP contribution in [0.4, 0.5) is 0 Å². The van der Waals surface area contributed by atoms with Gasteiger partial charge in [0.2, 0.25) is 11.8 Å². The molecule has 0 aliphatic rings. The number of methoxy groups -OCH3 is 1. The maximum atomic E-state index is 11.9. The number of hydrogen-bond acceptors (Lipinski definition) is 5. The molecule has 0 saturated heterocycles. The van der Waals surface area contributed by atoms with Gasteiger partial charge in [0, 0.05) is 50.4 Å². The second-order valence-corrected chi connectivity index (χ2v) is 6.31. The number of thioether (sulfide) groups is 1. The number of hydrogen-bond donors (Lipinski definition) is 1. The third kappa shape index (κ3) is 11.8. The van der Waals surface area contributed by atoms with Crippen LogP contribution in [-0.4, -0.2) is 60.9 Å². The fourth-order valence-electron chi connectivity index (χ4n) is 1.89. The summed E-state index contributed by atoms with van der Waals surface area (Å²) < 4.78 is 4.58. The lowest BCUT2D eigenvalue weighted by Crippen LogP contribution is -2.39. The van der Waals surface area contributed by atoms with Gasteiger partial charge < -0.3 is 15.0 Å². The Morgan fingerprint density at radius 3 is 2.58 bits per heavy atom. The molecule has 0 radical (unpaired) electrons. The summed E-state index contributed by atoms with van der Waals surface area (Å²) in [6.45, 7) is 3.35. The number of ether oxygens (including phenoxy) is 1. The number of unbranched alkanes of at least 4 members (excludes halogenated alkanes) is 1. The molecule has 6 nitrogen and oxygen atoms in total. The predicted molar refractivity (Wildman–Crippen MR) is 96.5 cm³/mol. The number of nitrogens with zero attached hydrogens (tertiary/aromatic N) is 1. The standard InChI is InChI=1S/C17H28N2O4S/c1-4-6-7-8-15(20)18-10-11-19(16(21)5-2)12-14-24-13-9-17(22)23-3/h1H,5-14H2,2-3H3,(H,18,20). The maximum absolute atomic E-state index is 11.9. The highest BCUT2D eigenvalue weighted by atomic mass is 32.2. The zero-order valence-corrected chi connectivity index (χ0v) is 15.5. The quantitative estimate of drug-likeness (QED) is 0.307. The van der Waals surface area contributed by atoms with Crippen LogP contribution in [0.5, 0.6) is 0 Å². The van der Waals surface area contributed by atoms with Crippen LogP contribution in [0.3, 0.4) is 0 Å². The van der Waals surface area contributed by atoms with Gasteiger partial charge in [-0.25, -0.2) is 0 Å². The van der Waals surface area contributed by atoms with Crippen molar-refractivity contribution >= 4 is 29.5 Å². The molecule has 7 heteroatoms. The van der Waals surface area contributed by atoms with Crippen molar-refractivity contribution in [2.24, 2.45) is 0 Å². The summed E-state index contributed by atoms with van der Waals surface area (Å²) in [6.07, 6.45) is 7.63. The molecule has 136 valence electrons. The molecule has 0 saturated carbocycles. The maximum Gasteiger partial charge on any atom is 0.306 e. The van der Waals surface area contributed by atoms with Crippen molar-refractivity contribution in [3.05, 3.63) is 0 Å². The second kappa shape index (κ2) is 14.9. The van der Waals surface area contributed by atoms with Crippen LogP contribution in [-0.2, 0) is 19.1 Å². The average molecular weight is 356 g/mol. The van der Waals surface area contributed by atoms with E-state index < -0.39 is 0 Å². The number of terminal acetylenes is 1. The van der Waals surface area contributed by atoms with Crippen molar-refractivity contribution in [1.82, 2.24) is 10.2 Å². The van der Waals surface area contributed by atoms with Crippen LogP contribution in [0.25, 0.3) is 0 Å². The summed E-state index contributed by atoms with van der Waals surface area (Å²) in [5.41, 5.74) is 0. The Hall–Kier alpha value is -1.68. The van der Waals surface area contributed by atoms with Crippen molar-refractivity contribution in [3.63, 3.8) is 0 Å². The van der Waals surface area contributed by atoms with Gasteiger partial charge in [0.15, 0.2) is 0 Å². The molecule has 0 aromatic heterocycles. The van der Waals surface area contributed by atoms with Crippen molar-refractivity contribution in [2.45, 2.75) is 39.0 Å². The van der Waals surface area contributed by atoms with Crippen LogP contribution in [0.2, 0.25) is 0 Å². The zero-order valence-electron chi connectivity index (χ0n) is 14.6. The normalized spacial score (nSPS) is 9.88. The van der Waals surface area contributed by atoms with Gasteiger partial charge in [-0.05, 0) is 6.42 Å². The highest BCUT2D eigenvalue weighted by molar-refractivity contribution is 7.99. The van der Waals surface area contributed by atoms with Crippen LogP contribution in [0.1, 0.15) is 39.0 Å². The molecular formula is C17H28N2O4S. The molecule has 0 aromatic carbocycles. The van der Waals surface area contributed by atoms with Gasteiger partial charge in [0.05, 0.1) is 13.5 Å². The molecular weight excluding hydrogens is 328 g/mol. The summed E-state index contributed by atoms with van der Waals surface area (Å²) >= 11 is 1.61. The first-order valence-corrected chi connectivity index (χ1v) is 9.33. The van der Waals surface area contributed by atoms with E-state index in [-0.39, 0.29) is 17.8 Å². The lowest BCUT2D eigenvalue weighted by Gasteiger charge is -2.22. The van der Waals surface area contributed by atoms with E-state index in [2.05, 4.69) is 16.0 Å². The first-order chi connectivity index (χ1) is 11.5. The van der Waals surface area contributed by atoms with Gasteiger partial charge in [-0.2, -0.15) is 11.8 Å². The van der Waals surface area contributed by atoms with Crippen molar-refractivity contribution in [1.29, 1.82) is 0 Å².